The summed E-state index contributed by atoms with van der Waals surface area (Å²) < 4.78 is 0. The summed E-state index contributed by atoms with van der Waals surface area (Å²) in [6.07, 6.45) is 14.1. The molecule has 5 atom stereocenters. The Bertz CT molecular complexity index is 353. The minimum atomic E-state index is 0.428. The minimum absolute atomic E-state index is 0.428. The Labute approximate surface area is 119 Å². The molecule has 5 unspecified atom stereocenters. The highest BCUT2D eigenvalue weighted by Gasteiger charge is 2.46. The molecule has 19 heavy (non-hydrogen) atoms. The second-order valence-electron chi connectivity index (χ2n) is 7.47. The number of allylic oxidation sites excluding steroid dienone is 3. The molecule has 0 radical (unpaired) electrons. The molecule has 0 heterocycles. The molecule has 108 valence electrons. The van der Waals surface area contributed by atoms with Crippen molar-refractivity contribution in [3.8, 4) is 0 Å². The van der Waals surface area contributed by atoms with Crippen LogP contribution in [0.15, 0.2) is 24.4 Å². The van der Waals surface area contributed by atoms with Gasteiger partial charge in [-0.2, -0.15) is 0 Å². The van der Waals surface area contributed by atoms with Crippen LogP contribution in [-0.4, -0.2) is 0 Å². The molecule has 0 amide bonds. The first-order valence-electron chi connectivity index (χ1n) is 8.04. The molecule has 2 N–H and O–H groups in total. The van der Waals surface area contributed by atoms with Crippen molar-refractivity contribution in [1.82, 2.24) is 0 Å². The zero-order valence-corrected chi connectivity index (χ0v) is 13.1. The molecule has 1 heteroatoms. The lowest BCUT2D eigenvalue weighted by molar-refractivity contribution is 0.136. The van der Waals surface area contributed by atoms with Gasteiger partial charge in [0.1, 0.15) is 0 Å². The van der Waals surface area contributed by atoms with Crippen molar-refractivity contribution < 1.29 is 0 Å². The first kappa shape index (κ1) is 14.7. The summed E-state index contributed by atoms with van der Waals surface area (Å²) >= 11 is 0. The maximum absolute atomic E-state index is 5.61. The molecule has 1 saturated carbocycles. The fourth-order valence-corrected chi connectivity index (χ4v) is 4.83. The number of hydrogen-bond acceptors (Lipinski definition) is 1. The van der Waals surface area contributed by atoms with Crippen molar-refractivity contribution in [3.05, 3.63) is 24.4 Å². The van der Waals surface area contributed by atoms with Gasteiger partial charge in [-0.05, 0) is 60.5 Å². The Kier molecular flexibility index (Phi) is 4.43. The van der Waals surface area contributed by atoms with E-state index in [4.69, 9.17) is 5.73 Å². The average Bonchev–Trinajstić information content (AvgIpc) is 2.64. The van der Waals surface area contributed by atoms with Crippen molar-refractivity contribution in [1.29, 1.82) is 0 Å². The number of hydrogen-bond donors (Lipinski definition) is 1. The molecule has 0 saturated heterocycles. The molecule has 0 aromatic carbocycles. The number of nitrogens with two attached hydrogens (primary N) is 1. The minimum Gasteiger partial charge on any atom is -0.405 e. The van der Waals surface area contributed by atoms with Gasteiger partial charge in [0.25, 0.3) is 0 Å². The van der Waals surface area contributed by atoms with Gasteiger partial charge in [0.15, 0.2) is 0 Å². The van der Waals surface area contributed by atoms with Crippen LogP contribution < -0.4 is 5.73 Å². The van der Waals surface area contributed by atoms with E-state index < -0.39 is 0 Å². The van der Waals surface area contributed by atoms with Gasteiger partial charge in [-0.15, -0.1) is 0 Å². The molecule has 0 bridgehead atoms. The quantitative estimate of drug-likeness (QED) is 0.713. The van der Waals surface area contributed by atoms with Gasteiger partial charge in [0.2, 0.25) is 0 Å². The van der Waals surface area contributed by atoms with Crippen LogP contribution in [0.3, 0.4) is 0 Å². The summed E-state index contributed by atoms with van der Waals surface area (Å²) in [5.41, 5.74) is 6.03. The predicted octanol–water partition coefficient (Wildman–Crippen LogP) is 4.75. The largest absolute Gasteiger partial charge is 0.405 e. The van der Waals surface area contributed by atoms with Crippen LogP contribution in [0.2, 0.25) is 0 Å². The maximum atomic E-state index is 5.61. The van der Waals surface area contributed by atoms with Crippen molar-refractivity contribution >= 4 is 0 Å². The van der Waals surface area contributed by atoms with Gasteiger partial charge >= 0.3 is 0 Å². The first-order valence-corrected chi connectivity index (χ1v) is 8.04. The van der Waals surface area contributed by atoms with Crippen molar-refractivity contribution in [2.45, 2.75) is 53.4 Å². The van der Waals surface area contributed by atoms with Crippen molar-refractivity contribution in [2.75, 3.05) is 0 Å². The molecular formula is C18H31N. The highest BCUT2D eigenvalue weighted by atomic mass is 14.5. The summed E-state index contributed by atoms with van der Waals surface area (Å²) in [4.78, 5) is 0. The van der Waals surface area contributed by atoms with Crippen molar-refractivity contribution in [3.63, 3.8) is 0 Å². The van der Waals surface area contributed by atoms with Crippen LogP contribution in [0.5, 0.6) is 0 Å². The topological polar surface area (TPSA) is 26.0 Å². The predicted molar refractivity (Wildman–Crippen MR) is 83.5 cm³/mol. The van der Waals surface area contributed by atoms with E-state index >= 15 is 0 Å². The number of rotatable bonds is 2. The second-order valence-corrected chi connectivity index (χ2v) is 7.47. The molecule has 0 aliphatic heterocycles. The van der Waals surface area contributed by atoms with Crippen LogP contribution in [0, 0.1) is 35.0 Å². The first-order chi connectivity index (χ1) is 8.99. The van der Waals surface area contributed by atoms with Gasteiger partial charge in [0.05, 0.1) is 0 Å². The van der Waals surface area contributed by atoms with E-state index in [-0.39, 0.29) is 0 Å². The molecule has 0 aromatic heterocycles. The molecular weight excluding hydrogens is 230 g/mol. The number of fused-ring (bicyclic) bond motifs is 1. The molecule has 2 aliphatic rings. The molecule has 0 spiro atoms. The van der Waals surface area contributed by atoms with E-state index in [1.807, 2.05) is 0 Å². The summed E-state index contributed by atoms with van der Waals surface area (Å²) in [6.45, 7) is 9.78. The second kappa shape index (κ2) is 5.73. The van der Waals surface area contributed by atoms with Crippen LogP contribution in [0.4, 0.5) is 0 Å². The van der Waals surface area contributed by atoms with E-state index in [2.05, 4.69) is 45.9 Å². The van der Waals surface area contributed by atoms with E-state index in [1.165, 1.54) is 19.3 Å². The summed E-state index contributed by atoms with van der Waals surface area (Å²) in [7, 11) is 0. The fourth-order valence-electron chi connectivity index (χ4n) is 4.83. The lowest BCUT2D eigenvalue weighted by atomic mass is 9.66. The van der Waals surface area contributed by atoms with Gasteiger partial charge in [-0.1, -0.05) is 52.3 Å². The average molecular weight is 261 g/mol. The maximum Gasteiger partial charge on any atom is -0.0100 e. The molecule has 0 aromatic rings. The summed E-state index contributed by atoms with van der Waals surface area (Å²) in [5, 5.41) is 0. The summed E-state index contributed by atoms with van der Waals surface area (Å²) in [6, 6.07) is 0. The van der Waals surface area contributed by atoms with Crippen molar-refractivity contribution in [2.24, 2.45) is 40.7 Å². The Balaban J connectivity index is 2.26. The van der Waals surface area contributed by atoms with E-state index in [1.54, 1.807) is 6.20 Å². The lowest BCUT2D eigenvalue weighted by Crippen LogP contribution is -2.31. The SMILES string of the molecule is CCC1C(C)CC2C1/C=C/CC(/C=C\N)CC2(C)C. The van der Waals surface area contributed by atoms with E-state index in [0.29, 0.717) is 11.3 Å². The smallest absolute Gasteiger partial charge is 0.0100 e. The molecule has 1 nitrogen and oxygen atoms in total. The highest BCUT2D eigenvalue weighted by molar-refractivity contribution is 5.08. The van der Waals surface area contributed by atoms with E-state index in [9.17, 15) is 0 Å². The monoisotopic (exact) mass is 261 g/mol. The van der Waals surface area contributed by atoms with Gasteiger partial charge in [-0.3, -0.25) is 0 Å². The molecule has 2 rings (SSSR count). The Morgan fingerprint density at radius 3 is 2.74 bits per heavy atom. The normalized spacial score (nSPS) is 43.7. The Morgan fingerprint density at radius 2 is 2.11 bits per heavy atom. The van der Waals surface area contributed by atoms with Crippen LogP contribution >= 0.6 is 0 Å². The van der Waals surface area contributed by atoms with Crippen LogP contribution in [-0.2, 0) is 0 Å². The standard InChI is InChI=1S/C18H31N/c1-5-15-13(2)11-17-16(15)8-6-7-14(9-10-19)12-18(17,3)4/h6,8-10,13-17H,5,7,11-12,19H2,1-4H3/b8-6+,10-9-. The van der Waals surface area contributed by atoms with Gasteiger partial charge in [-0.25, -0.2) is 0 Å². The zero-order valence-electron chi connectivity index (χ0n) is 13.1. The lowest BCUT2D eigenvalue weighted by Gasteiger charge is -2.39. The Morgan fingerprint density at radius 1 is 1.37 bits per heavy atom. The van der Waals surface area contributed by atoms with Crippen LogP contribution in [0.25, 0.3) is 0 Å². The van der Waals surface area contributed by atoms with Gasteiger partial charge < -0.3 is 5.73 Å². The molecule has 2 aliphatic carbocycles. The third-order valence-electron chi connectivity index (χ3n) is 5.76. The summed E-state index contributed by atoms with van der Waals surface area (Å²) in [5.74, 6) is 4.04. The third kappa shape index (κ3) is 2.90. The molecule has 1 fully saturated rings. The van der Waals surface area contributed by atoms with Gasteiger partial charge in [0, 0.05) is 0 Å². The zero-order chi connectivity index (χ0) is 14.0. The van der Waals surface area contributed by atoms with E-state index in [0.717, 1.165) is 30.1 Å². The Hall–Kier alpha value is -0.720. The third-order valence-corrected chi connectivity index (χ3v) is 5.76. The highest BCUT2D eigenvalue weighted by Crippen LogP contribution is 2.54. The fraction of sp³-hybridized carbons (Fsp3) is 0.778. The van der Waals surface area contributed by atoms with Crippen LogP contribution in [0.1, 0.15) is 53.4 Å².